The van der Waals surface area contributed by atoms with Crippen LogP contribution in [0.15, 0.2) is 24.3 Å². The summed E-state index contributed by atoms with van der Waals surface area (Å²) in [6.45, 7) is 1.95. The number of piperidine rings is 1. The number of hydrogen-bond donors (Lipinski definition) is 1. The van der Waals surface area contributed by atoms with Crippen LogP contribution in [0.3, 0.4) is 0 Å². The van der Waals surface area contributed by atoms with E-state index in [1.165, 1.54) is 6.07 Å². The smallest absolute Gasteiger partial charge is 0.167 e. The summed E-state index contributed by atoms with van der Waals surface area (Å²) in [4.78, 5) is 6.78. The summed E-state index contributed by atoms with van der Waals surface area (Å²) in [5.41, 5.74) is 0.724. The highest BCUT2D eigenvalue weighted by Gasteiger charge is 2.27. The maximum atomic E-state index is 13.9. The highest BCUT2D eigenvalue weighted by Crippen LogP contribution is 2.30. The van der Waals surface area contributed by atoms with Gasteiger partial charge in [-0.05, 0) is 25.5 Å². The highest BCUT2D eigenvalue weighted by atomic mass is 19.1. The summed E-state index contributed by atoms with van der Waals surface area (Å²) in [5, 5.41) is 7.23. The number of aromatic amines is 1. The molecule has 1 aromatic heterocycles. The van der Waals surface area contributed by atoms with E-state index in [1.54, 1.807) is 13.2 Å². The summed E-state index contributed by atoms with van der Waals surface area (Å²) in [5.74, 6) is 1.36. The van der Waals surface area contributed by atoms with Gasteiger partial charge in [-0.2, -0.15) is 5.10 Å². The molecule has 0 bridgehead atoms. The Bertz CT molecular complexity index is 616. The molecule has 1 N–H and O–H groups in total. The van der Waals surface area contributed by atoms with Crippen LogP contribution in [0.2, 0.25) is 0 Å². The lowest BCUT2D eigenvalue weighted by atomic mass is 10.0. The second-order valence-corrected chi connectivity index (χ2v) is 5.65. The molecule has 1 fully saturated rings. The van der Waals surface area contributed by atoms with E-state index in [0.29, 0.717) is 13.2 Å². The predicted octanol–water partition coefficient (Wildman–Crippen LogP) is 2.82. The monoisotopic (exact) mass is 304 g/mol. The third kappa shape index (κ3) is 3.34. The van der Waals surface area contributed by atoms with Crippen LogP contribution in [0, 0.1) is 5.82 Å². The van der Waals surface area contributed by atoms with Crippen molar-refractivity contribution in [3.63, 3.8) is 0 Å². The first-order valence-electron chi connectivity index (χ1n) is 7.65. The van der Waals surface area contributed by atoms with Gasteiger partial charge in [0, 0.05) is 19.2 Å². The number of benzene rings is 1. The number of rotatable bonds is 5. The molecule has 3 rings (SSSR count). The van der Waals surface area contributed by atoms with Crippen LogP contribution >= 0.6 is 0 Å². The molecule has 2 heterocycles. The summed E-state index contributed by atoms with van der Waals surface area (Å²) in [6, 6.07) is 7.09. The number of methoxy groups -OCH3 is 1. The largest absolute Gasteiger partial charge is 0.377 e. The van der Waals surface area contributed by atoms with Crippen LogP contribution in [0.4, 0.5) is 4.39 Å². The molecule has 2 aromatic rings. The first-order valence-corrected chi connectivity index (χ1v) is 7.65. The highest BCUT2D eigenvalue weighted by molar-refractivity contribution is 5.17. The molecular weight excluding hydrogens is 283 g/mol. The van der Waals surface area contributed by atoms with Gasteiger partial charge in [-0.1, -0.05) is 24.6 Å². The van der Waals surface area contributed by atoms with Crippen molar-refractivity contribution < 1.29 is 9.13 Å². The minimum atomic E-state index is -0.151. The van der Waals surface area contributed by atoms with Crippen molar-refractivity contribution in [3.8, 4) is 0 Å². The number of ether oxygens (including phenoxy) is 1. The molecule has 6 heteroatoms. The summed E-state index contributed by atoms with van der Waals surface area (Å²) < 4.78 is 19.0. The van der Waals surface area contributed by atoms with Gasteiger partial charge in [-0.15, -0.1) is 0 Å². The normalized spacial score (nSPS) is 19.5. The third-order valence-corrected chi connectivity index (χ3v) is 4.07. The van der Waals surface area contributed by atoms with Gasteiger partial charge < -0.3 is 4.74 Å². The van der Waals surface area contributed by atoms with Crippen LogP contribution < -0.4 is 0 Å². The molecule has 1 atom stereocenters. The minimum Gasteiger partial charge on any atom is -0.377 e. The molecule has 0 saturated carbocycles. The maximum Gasteiger partial charge on any atom is 0.167 e. The van der Waals surface area contributed by atoms with E-state index in [0.717, 1.165) is 43.0 Å². The molecule has 1 aliphatic rings. The molecule has 22 heavy (non-hydrogen) atoms. The zero-order chi connectivity index (χ0) is 15.4. The van der Waals surface area contributed by atoms with E-state index in [4.69, 9.17) is 4.74 Å². The zero-order valence-corrected chi connectivity index (χ0v) is 12.8. The van der Waals surface area contributed by atoms with Crippen LogP contribution in [0.5, 0.6) is 0 Å². The molecule has 1 aromatic carbocycles. The van der Waals surface area contributed by atoms with Gasteiger partial charge in [0.2, 0.25) is 0 Å². The fourth-order valence-corrected chi connectivity index (χ4v) is 2.98. The maximum absolute atomic E-state index is 13.9. The lowest BCUT2D eigenvalue weighted by molar-refractivity contribution is 0.132. The number of halogens is 1. The quantitative estimate of drug-likeness (QED) is 0.923. The van der Waals surface area contributed by atoms with E-state index in [2.05, 4.69) is 20.1 Å². The molecule has 0 amide bonds. The Morgan fingerprint density at radius 2 is 2.23 bits per heavy atom. The molecule has 1 saturated heterocycles. The molecule has 0 spiro atoms. The Morgan fingerprint density at radius 1 is 1.36 bits per heavy atom. The fraction of sp³-hybridized carbons (Fsp3) is 0.500. The number of likely N-dealkylation sites (tertiary alicyclic amines) is 1. The molecule has 0 aliphatic carbocycles. The van der Waals surface area contributed by atoms with Gasteiger partial charge in [0.25, 0.3) is 0 Å². The fourth-order valence-electron chi connectivity index (χ4n) is 2.98. The second-order valence-electron chi connectivity index (χ2n) is 5.65. The SMILES string of the molecule is COCc1nc(C2CCCCN2Cc2ccccc2F)n[nH]1. The number of hydrogen-bond acceptors (Lipinski definition) is 4. The average Bonchev–Trinajstić information content (AvgIpc) is 2.99. The molecule has 5 nitrogen and oxygen atoms in total. The van der Waals surface area contributed by atoms with Crippen molar-refractivity contribution in [2.75, 3.05) is 13.7 Å². The Hall–Kier alpha value is -1.79. The number of nitrogens with one attached hydrogen (secondary N) is 1. The molecule has 1 unspecified atom stereocenters. The van der Waals surface area contributed by atoms with Gasteiger partial charge in [0.15, 0.2) is 11.6 Å². The van der Waals surface area contributed by atoms with E-state index in [1.807, 2.05) is 12.1 Å². The molecular formula is C16H21FN4O. The first-order chi connectivity index (χ1) is 10.8. The zero-order valence-electron chi connectivity index (χ0n) is 12.8. The molecule has 1 aliphatic heterocycles. The van der Waals surface area contributed by atoms with Crippen molar-refractivity contribution in [3.05, 3.63) is 47.3 Å². The topological polar surface area (TPSA) is 54.0 Å². The average molecular weight is 304 g/mol. The Kier molecular flexibility index (Phi) is 4.80. The van der Waals surface area contributed by atoms with Crippen LogP contribution in [0.25, 0.3) is 0 Å². The summed E-state index contributed by atoms with van der Waals surface area (Å²) in [6.07, 6.45) is 3.27. The lowest BCUT2D eigenvalue weighted by Gasteiger charge is -2.34. The second kappa shape index (κ2) is 6.98. The van der Waals surface area contributed by atoms with Gasteiger partial charge in [-0.25, -0.2) is 9.37 Å². The number of nitrogens with zero attached hydrogens (tertiary/aromatic N) is 3. The van der Waals surface area contributed by atoms with Crippen molar-refractivity contribution in [2.24, 2.45) is 0 Å². The van der Waals surface area contributed by atoms with Crippen LogP contribution in [-0.4, -0.2) is 33.7 Å². The van der Waals surface area contributed by atoms with Crippen molar-refractivity contribution in [1.29, 1.82) is 0 Å². The van der Waals surface area contributed by atoms with Gasteiger partial charge in [-0.3, -0.25) is 10.00 Å². The number of aromatic nitrogens is 3. The van der Waals surface area contributed by atoms with Crippen molar-refractivity contribution in [2.45, 2.75) is 38.5 Å². The van der Waals surface area contributed by atoms with Crippen molar-refractivity contribution in [1.82, 2.24) is 20.1 Å². The summed E-state index contributed by atoms with van der Waals surface area (Å²) in [7, 11) is 1.63. The first kappa shape index (κ1) is 15.1. The summed E-state index contributed by atoms with van der Waals surface area (Å²) >= 11 is 0. The lowest BCUT2D eigenvalue weighted by Crippen LogP contribution is -2.33. The van der Waals surface area contributed by atoms with E-state index >= 15 is 0 Å². The molecule has 118 valence electrons. The van der Waals surface area contributed by atoms with E-state index in [-0.39, 0.29) is 11.9 Å². The number of H-pyrrole nitrogens is 1. The standard InChI is InChI=1S/C16H21FN4O/c1-22-11-15-18-16(20-19-15)14-8-4-5-9-21(14)10-12-6-2-3-7-13(12)17/h2-3,6-7,14H,4-5,8-11H2,1H3,(H,18,19,20). The van der Waals surface area contributed by atoms with Crippen LogP contribution in [-0.2, 0) is 17.9 Å². The minimum absolute atomic E-state index is 0.134. The van der Waals surface area contributed by atoms with Gasteiger partial charge in [0.1, 0.15) is 12.4 Å². The molecule has 0 radical (unpaired) electrons. The van der Waals surface area contributed by atoms with Gasteiger partial charge >= 0.3 is 0 Å². The van der Waals surface area contributed by atoms with E-state index < -0.39 is 0 Å². The van der Waals surface area contributed by atoms with Crippen molar-refractivity contribution >= 4 is 0 Å². The van der Waals surface area contributed by atoms with E-state index in [9.17, 15) is 4.39 Å². The third-order valence-electron chi connectivity index (χ3n) is 4.07. The van der Waals surface area contributed by atoms with Crippen LogP contribution in [0.1, 0.15) is 42.5 Å². The van der Waals surface area contributed by atoms with Gasteiger partial charge in [0.05, 0.1) is 6.04 Å². The Labute approximate surface area is 129 Å². The Morgan fingerprint density at radius 3 is 3.05 bits per heavy atom. The predicted molar refractivity (Wildman–Crippen MR) is 80.5 cm³/mol. The Balaban J connectivity index is 1.77.